The molecule has 4 nitrogen and oxygen atoms in total. The number of benzene rings is 1. The highest BCUT2D eigenvalue weighted by atomic mass is 79.9. The molecular formula is C9H11BrN4. The van der Waals surface area contributed by atoms with Crippen LogP contribution in [0.2, 0.25) is 0 Å². The van der Waals surface area contributed by atoms with Crippen molar-refractivity contribution in [3.63, 3.8) is 0 Å². The summed E-state index contributed by atoms with van der Waals surface area (Å²) in [6.45, 7) is 3.96. The molecule has 0 bridgehead atoms. The van der Waals surface area contributed by atoms with E-state index in [1.807, 2.05) is 26.0 Å². The van der Waals surface area contributed by atoms with Crippen molar-refractivity contribution in [3.05, 3.63) is 33.3 Å². The number of nitrogens with two attached hydrogens (primary N) is 1. The first-order valence-electron chi connectivity index (χ1n) is 4.03. The average molecular weight is 255 g/mol. The van der Waals surface area contributed by atoms with Crippen LogP contribution in [0.1, 0.15) is 16.7 Å². The van der Waals surface area contributed by atoms with Crippen LogP contribution < -0.4 is 5.73 Å². The van der Waals surface area contributed by atoms with Crippen molar-refractivity contribution in [3.8, 4) is 0 Å². The summed E-state index contributed by atoms with van der Waals surface area (Å²) >= 11 is 3.46. The lowest BCUT2D eigenvalue weighted by Gasteiger charge is -2.06. The quantitative estimate of drug-likeness (QED) is 0.362. The number of halogens is 1. The van der Waals surface area contributed by atoms with Crippen LogP contribution in [-0.4, -0.2) is 5.84 Å². The molecule has 0 aliphatic rings. The van der Waals surface area contributed by atoms with Gasteiger partial charge in [-0.2, -0.15) is 5.53 Å². The fraction of sp³-hybridized carbons (Fsp3) is 0.222. The van der Waals surface area contributed by atoms with Crippen LogP contribution in [-0.2, 0) is 0 Å². The average Bonchev–Trinajstić information content (AvgIpc) is 2.13. The van der Waals surface area contributed by atoms with Crippen molar-refractivity contribution >= 4 is 21.8 Å². The number of hydrogen-bond donors (Lipinski definition) is 2. The number of nitrogens with one attached hydrogen (secondary N) is 1. The van der Waals surface area contributed by atoms with Gasteiger partial charge in [-0.15, -0.1) is 5.10 Å². The van der Waals surface area contributed by atoms with Crippen molar-refractivity contribution in [2.45, 2.75) is 13.8 Å². The number of aryl methyl sites for hydroxylation is 2. The van der Waals surface area contributed by atoms with Gasteiger partial charge in [0.05, 0.1) is 0 Å². The number of rotatable bonds is 2. The summed E-state index contributed by atoms with van der Waals surface area (Å²) in [5, 5.41) is 6.37. The molecule has 0 aromatic heterocycles. The first-order chi connectivity index (χ1) is 6.56. The Morgan fingerprint density at radius 3 is 2.29 bits per heavy atom. The molecule has 0 fully saturated rings. The van der Waals surface area contributed by atoms with Gasteiger partial charge in [-0.3, -0.25) is 0 Å². The fourth-order valence-electron chi connectivity index (χ4n) is 1.21. The van der Waals surface area contributed by atoms with Crippen LogP contribution in [0.4, 0.5) is 0 Å². The zero-order valence-electron chi connectivity index (χ0n) is 8.00. The number of hydrogen-bond acceptors (Lipinski definition) is 2. The summed E-state index contributed by atoms with van der Waals surface area (Å²) in [6, 6.07) is 3.81. The van der Waals surface area contributed by atoms with Gasteiger partial charge in [0.2, 0.25) is 0 Å². The summed E-state index contributed by atoms with van der Waals surface area (Å²) in [4.78, 5) is 0. The van der Waals surface area contributed by atoms with Crippen LogP contribution in [0.15, 0.2) is 26.9 Å². The van der Waals surface area contributed by atoms with Crippen LogP contribution in [0.3, 0.4) is 0 Å². The lowest BCUT2D eigenvalue weighted by Crippen LogP contribution is -2.13. The minimum atomic E-state index is 0.263. The molecule has 0 aliphatic heterocycles. The second-order valence-electron chi connectivity index (χ2n) is 3.01. The van der Waals surface area contributed by atoms with Gasteiger partial charge in [0.25, 0.3) is 0 Å². The molecule has 74 valence electrons. The van der Waals surface area contributed by atoms with Gasteiger partial charge in [0, 0.05) is 10.0 Å². The molecule has 0 atom stereocenters. The molecule has 14 heavy (non-hydrogen) atoms. The van der Waals surface area contributed by atoms with Gasteiger partial charge in [0.15, 0.2) is 5.84 Å². The molecular weight excluding hydrogens is 244 g/mol. The Hall–Kier alpha value is -1.23. The maximum atomic E-state index is 6.58. The summed E-state index contributed by atoms with van der Waals surface area (Å²) in [5.41, 5.74) is 15.2. The summed E-state index contributed by atoms with van der Waals surface area (Å²) < 4.78 is 1.07. The molecule has 0 amide bonds. The Balaban J connectivity index is 3.25. The molecule has 0 saturated carbocycles. The standard InChI is InChI=1S/C9H11BrN4/c1-5-3-7(9(11)13-14-12)4-6(2)8(5)10/h3-4H,1-2H3,(H3,11,12,13). The molecule has 3 N–H and O–H groups in total. The van der Waals surface area contributed by atoms with Gasteiger partial charge in [-0.25, -0.2) is 0 Å². The molecule has 0 aliphatic carbocycles. The van der Waals surface area contributed by atoms with Crippen molar-refractivity contribution < 1.29 is 0 Å². The van der Waals surface area contributed by atoms with Crippen molar-refractivity contribution in [2.75, 3.05) is 0 Å². The van der Waals surface area contributed by atoms with E-state index in [9.17, 15) is 0 Å². The molecule has 1 aromatic rings. The predicted octanol–water partition coefficient (Wildman–Crippen LogP) is 2.72. The highest BCUT2D eigenvalue weighted by Gasteiger charge is 2.04. The molecule has 0 heterocycles. The largest absolute Gasteiger partial charge is 0.382 e. The van der Waals surface area contributed by atoms with Crippen LogP contribution >= 0.6 is 15.9 Å². The van der Waals surface area contributed by atoms with Gasteiger partial charge in [-0.05, 0) is 37.1 Å². The highest BCUT2D eigenvalue weighted by Crippen LogP contribution is 2.22. The van der Waals surface area contributed by atoms with E-state index in [-0.39, 0.29) is 5.84 Å². The Morgan fingerprint density at radius 1 is 1.36 bits per heavy atom. The van der Waals surface area contributed by atoms with E-state index < -0.39 is 0 Å². The Morgan fingerprint density at radius 2 is 1.86 bits per heavy atom. The normalized spacial score (nSPS) is 11.5. The van der Waals surface area contributed by atoms with Crippen molar-refractivity contribution in [1.29, 1.82) is 5.53 Å². The van der Waals surface area contributed by atoms with E-state index >= 15 is 0 Å². The third-order valence-corrected chi connectivity index (χ3v) is 3.14. The second kappa shape index (κ2) is 4.32. The molecule has 1 rings (SSSR count). The van der Waals surface area contributed by atoms with Crippen LogP contribution in [0.5, 0.6) is 0 Å². The Kier molecular flexibility index (Phi) is 3.35. The smallest absolute Gasteiger partial charge is 0.155 e. The number of amidine groups is 1. The van der Waals surface area contributed by atoms with E-state index in [1.165, 1.54) is 0 Å². The SMILES string of the molecule is Cc1cc(C(N)=NN=N)cc(C)c1Br. The first kappa shape index (κ1) is 10.8. The molecule has 0 spiro atoms. The van der Waals surface area contributed by atoms with E-state index in [0.717, 1.165) is 21.2 Å². The third kappa shape index (κ3) is 2.17. The second-order valence-corrected chi connectivity index (χ2v) is 3.80. The van der Waals surface area contributed by atoms with Gasteiger partial charge < -0.3 is 5.73 Å². The van der Waals surface area contributed by atoms with Crippen LogP contribution in [0, 0.1) is 19.4 Å². The maximum absolute atomic E-state index is 6.58. The topological polar surface area (TPSA) is 74.6 Å². The highest BCUT2D eigenvalue weighted by molar-refractivity contribution is 9.10. The first-order valence-corrected chi connectivity index (χ1v) is 4.82. The molecule has 0 radical (unpaired) electrons. The van der Waals surface area contributed by atoms with Gasteiger partial charge in [-0.1, -0.05) is 21.2 Å². The lowest BCUT2D eigenvalue weighted by atomic mass is 10.1. The number of nitrogens with zero attached hydrogens (tertiary/aromatic N) is 2. The van der Waals surface area contributed by atoms with Crippen LogP contribution in [0.25, 0.3) is 0 Å². The molecule has 0 unspecified atom stereocenters. The Labute approximate surface area is 90.8 Å². The third-order valence-electron chi connectivity index (χ3n) is 1.89. The van der Waals surface area contributed by atoms with Crippen molar-refractivity contribution in [1.82, 2.24) is 0 Å². The minimum absolute atomic E-state index is 0.263. The summed E-state index contributed by atoms with van der Waals surface area (Å²) in [5.74, 6) is 0.263. The van der Waals surface area contributed by atoms with Gasteiger partial charge in [0.1, 0.15) is 0 Å². The van der Waals surface area contributed by atoms with E-state index in [0.29, 0.717) is 0 Å². The maximum Gasteiger partial charge on any atom is 0.155 e. The van der Waals surface area contributed by atoms with Gasteiger partial charge >= 0.3 is 0 Å². The summed E-state index contributed by atoms with van der Waals surface area (Å²) in [6.07, 6.45) is 0. The molecule has 1 aromatic carbocycles. The predicted molar refractivity (Wildman–Crippen MR) is 59.5 cm³/mol. The molecule has 0 saturated heterocycles. The monoisotopic (exact) mass is 254 g/mol. The Bertz CT molecular complexity index is 375. The minimum Gasteiger partial charge on any atom is -0.382 e. The van der Waals surface area contributed by atoms with E-state index in [2.05, 4.69) is 26.3 Å². The summed E-state index contributed by atoms with van der Waals surface area (Å²) in [7, 11) is 0. The van der Waals surface area contributed by atoms with Crippen molar-refractivity contribution in [2.24, 2.45) is 16.1 Å². The lowest BCUT2D eigenvalue weighted by molar-refractivity contribution is 0.985. The zero-order chi connectivity index (χ0) is 10.7. The van der Waals surface area contributed by atoms with E-state index in [1.54, 1.807) is 0 Å². The fourth-order valence-corrected chi connectivity index (χ4v) is 1.43. The van der Waals surface area contributed by atoms with E-state index in [4.69, 9.17) is 11.3 Å². The zero-order valence-corrected chi connectivity index (χ0v) is 9.59. The molecule has 5 heteroatoms.